The lowest BCUT2D eigenvalue weighted by Crippen LogP contribution is -2.30. The lowest BCUT2D eigenvalue weighted by Gasteiger charge is -2.09. The van der Waals surface area contributed by atoms with Gasteiger partial charge in [0.25, 0.3) is 11.6 Å². The monoisotopic (exact) mass is 370 g/mol. The first-order valence-electron chi connectivity index (χ1n) is 8.11. The highest BCUT2D eigenvalue weighted by atomic mass is 32.1. The van der Waals surface area contributed by atoms with Gasteiger partial charge in [-0.05, 0) is 62.8 Å². The molecule has 1 aliphatic rings. The number of likely N-dealkylation sites (N-methyl/N-ethyl adjacent to an activating group) is 1. The number of carbonyl (C=O) groups is 1. The summed E-state index contributed by atoms with van der Waals surface area (Å²) in [4.78, 5) is 24.3. The van der Waals surface area contributed by atoms with Gasteiger partial charge in [-0.15, -0.1) is 0 Å². The van der Waals surface area contributed by atoms with Gasteiger partial charge in [-0.2, -0.15) is 0 Å². The van der Waals surface area contributed by atoms with E-state index in [0.29, 0.717) is 17.4 Å². The molecular formula is C18H18N4O3S. The molecule has 1 amide bonds. The summed E-state index contributed by atoms with van der Waals surface area (Å²) in [6, 6.07) is 8.35. The predicted octanol–water partition coefficient (Wildman–Crippen LogP) is 3.08. The molecule has 7 nitrogen and oxygen atoms in total. The summed E-state index contributed by atoms with van der Waals surface area (Å²) in [5, 5.41) is 14.2. The smallest absolute Gasteiger partial charge is 0.276 e. The number of benzene rings is 1. The number of carbonyl (C=O) groups excluding carboxylic acids is 1. The number of non-ortho nitro benzene ring substituents is 1. The van der Waals surface area contributed by atoms with Crippen molar-refractivity contribution in [2.24, 2.45) is 0 Å². The van der Waals surface area contributed by atoms with Gasteiger partial charge in [-0.1, -0.05) is 0 Å². The Morgan fingerprint density at radius 2 is 1.92 bits per heavy atom. The van der Waals surface area contributed by atoms with E-state index in [2.05, 4.69) is 5.32 Å². The number of hydrogen-bond acceptors (Lipinski definition) is 4. The van der Waals surface area contributed by atoms with Crippen molar-refractivity contribution in [2.75, 3.05) is 6.54 Å². The van der Waals surface area contributed by atoms with E-state index in [0.717, 1.165) is 22.6 Å². The molecule has 2 heterocycles. The number of aryl methyl sites for hydroxylation is 1. The average Bonchev–Trinajstić information content (AvgIpc) is 3.03. The summed E-state index contributed by atoms with van der Waals surface area (Å²) in [5.74, 6) is -0.141. The Morgan fingerprint density at radius 1 is 1.27 bits per heavy atom. The van der Waals surface area contributed by atoms with Crippen molar-refractivity contribution >= 4 is 35.0 Å². The molecule has 8 heteroatoms. The van der Waals surface area contributed by atoms with Crippen LogP contribution < -0.4 is 5.32 Å². The van der Waals surface area contributed by atoms with Crippen molar-refractivity contribution in [3.8, 4) is 5.69 Å². The molecule has 0 saturated carbocycles. The Morgan fingerprint density at radius 3 is 2.46 bits per heavy atom. The van der Waals surface area contributed by atoms with E-state index in [1.807, 2.05) is 31.4 Å². The molecule has 0 spiro atoms. The van der Waals surface area contributed by atoms with Crippen LogP contribution >= 0.6 is 12.2 Å². The Hall–Kier alpha value is -3.00. The van der Waals surface area contributed by atoms with Crippen LogP contribution in [0, 0.1) is 24.0 Å². The fraction of sp³-hybridized carbons (Fsp3) is 0.222. The third-order valence-electron chi connectivity index (χ3n) is 4.37. The highest BCUT2D eigenvalue weighted by molar-refractivity contribution is 7.80. The lowest BCUT2D eigenvalue weighted by molar-refractivity contribution is -0.384. The van der Waals surface area contributed by atoms with Crippen LogP contribution in [0.3, 0.4) is 0 Å². The lowest BCUT2D eigenvalue weighted by atomic mass is 10.2. The van der Waals surface area contributed by atoms with Crippen molar-refractivity contribution in [1.29, 1.82) is 0 Å². The third kappa shape index (κ3) is 2.99. The number of rotatable bonds is 4. The van der Waals surface area contributed by atoms with Gasteiger partial charge >= 0.3 is 0 Å². The van der Waals surface area contributed by atoms with Crippen molar-refractivity contribution in [3.63, 3.8) is 0 Å². The highest BCUT2D eigenvalue weighted by Crippen LogP contribution is 2.25. The SMILES string of the molecule is CCN1C(=O)C(=Cc2cc(C)n(-c3ccc([N+](=O)[O-])cc3)c2C)NC1=S. The molecule has 0 aliphatic carbocycles. The van der Waals surface area contributed by atoms with Gasteiger partial charge in [-0.25, -0.2) is 0 Å². The van der Waals surface area contributed by atoms with E-state index < -0.39 is 4.92 Å². The standard InChI is InChI=1S/C18H18N4O3S/c1-4-20-17(23)16(19-18(20)26)10-13-9-11(2)21(12(13)3)14-5-7-15(8-6-14)22(24)25/h5-10H,4H2,1-3H3,(H,19,26). The molecule has 1 saturated heterocycles. The van der Waals surface area contributed by atoms with Crippen LogP contribution in [-0.4, -0.2) is 32.0 Å². The molecule has 26 heavy (non-hydrogen) atoms. The maximum atomic E-state index is 12.4. The van der Waals surface area contributed by atoms with Gasteiger partial charge in [0.1, 0.15) is 5.70 Å². The molecule has 1 aromatic heterocycles. The van der Waals surface area contributed by atoms with E-state index in [1.54, 1.807) is 18.2 Å². The Labute approximate surface area is 156 Å². The Kier molecular flexibility index (Phi) is 4.60. The molecule has 0 unspecified atom stereocenters. The summed E-state index contributed by atoms with van der Waals surface area (Å²) in [6.45, 7) is 6.28. The first-order valence-corrected chi connectivity index (χ1v) is 8.52. The molecule has 0 atom stereocenters. The second kappa shape index (κ2) is 6.72. The van der Waals surface area contributed by atoms with Crippen LogP contribution in [0.4, 0.5) is 5.69 Å². The number of nitrogens with zero attached hydrogens (tertiary/aromatic N) is 3. The summed E-state index contributed by atoms with van der Waals surface area (Å²) >= 11 is 5.18. The zero-order chi connectivity index (χ0) is 19.0. The second-order valence-electron chi connectivity index (χ2n) is 5.97. The van der Waals surface area contributed by atoms with E-state index in [1.165, 1.54) is 17.0 Å². The summed E-state index contributed by atoms with van der Waals surface area (Å²) in [5.41, 5.74) is 4.10. The van der Waals surface area contributed by atoms with Gasteiger partial charge in [-0.3, -0.25) is 19.8 Å². The fourth-order valence-corrected chi connectivity index (χ4v) is 3.39. The zero-order valence-electron chi connectivity index (χ0n) is 14.6. The maximum Gasteiger partial charge on any atom is 0.276 e. The van der Waals surface area contributed by atoms with E-state index in [-0.39, 0.29) is 11.6 Å². The molecule has 1 N–H and O–H groups in total. The molecule has 1 aliphatic heterocycles. The number of amides is 1. The quantitative estimate of drug-likeness (QED) is 0.387. The van der Waals surface area contributed by atoms with E-state index in [4.69, 9.17) is 12.2 Å². The molecule has 0 radical (unpaired) electrons. The van der Waals surface area contributed by atoms with Crippen LogP contribution in [0.1, 0.15) is 23.9 Å². The number of nitrogens with one attached hydrogen (secondary N) is 1. The van der Waals surface area contributed by atoms with Gasteiger partial charge in [0, 0.05) is 35.8 Å². The molecular weight excluding hydrogens is 352 g/mol. The van der Waals surface area contributed by atoms with Gasteiger partial charge < -0.3 is 9.88 Å². The summed E-state index contributed by atoms with van der Waals surface area (Å²) in [6.07, 6.45) is 1.79. The first kappa shape index (κ1) is 17.8. The third-order valence-corrected chi connectivity index (χ3v) is 4.69. The number of thiocarbonyl (C=S) groups is 1. The number of aromatic nitrogens is 1. The summed E-state index contributed by atoms with van der Waals surface area (Å²) in [7, 11) is 0. The first-order chi connectivity index (χ1) is 12.3. The minimum absolute atomic E-state index is 0.0486. The van der Waals surface area contributed by atoms with Crippen LogP contribution in [0.2, 0.25) is 0 Å². The van der Waals surface area contributed by atoms with Crippen LogP contribution in [0.5, 0.6) is 0 Å². The Bertz CT molecular complexity index is 944. The average molecular weight is 370 g/mol. The van der Waals surface area contributed by atoms with Crippen LogP contribution in [0.15, 0.2) is 36.0 Å². The van der Waals surface area contributed by atoms with E-state index >= 15 is 0 Å². The van der Waals surface area contributed by atoms with Crippen molar-refractivity contribution < 1.29 is 9.72 Å². The molecule has 1 aromatic carbocycles. The Balaban J connectivity index is 1.99. The normalized spacial score (nSPS) is 15.7. The predicted molar refractivity (Wildman–Crippen MR) is 103 cm³/mol. The number of nitro groups is 1. The topological polar surface area (TPSA) is 80.4 Å². The molecule has 134 valence electrons. The van der Waals surface area contributed by atoms with E-state index in [9.17, 15) is 14.9 Å². The van der Waals surface area contributed by atoms with Crippen molar-refractivity contribution in [1.82, 2.24) is 14.8 Å². The fourth-order valence-electron chi connectivity index (χ4n) is 3.07. The zero-order valence-corrected chi connectivity index (χ0v) is 15.5. The minimum atomic E-state index is -0.422. The molecule has 1 fully saturated rings. The van der Waals surface area contributed by atoms with Gasteiger partial charge in [0.05, 0.1) is 4.92 Å². The number of nitro benzene ring substituents is 1. The van der Waals surface area contributed by atoms with Crippen LogP contribution in [-0.2, 0) is 4.79 Å². The van der Waals surface area contributed by atoms with Crippen LogP contribution in [0.25, 0.3) is 11.8 Å². The highest BCUT2D eigenvalue weighted by Gasteiger charge is 2.29. The largest absolute Gasteiger partial charge is 0.328 e. The minimum Gasteiger partial charge on any atom is -0.328 e. The second-order valence-corrected chi connectivity index (χ2v) is 6.36. The maximum absolute atomic E-state index is 12.4. The summed E-state index contributed by atoms with van der Waals surface area (Å²) < 4.78 is 1.99. The van der Waals surface area contributed by atoms with Crippen molar-refractivity contribution in [3.05, 3.63) is 63.1 Å². The molecule has 0 bridgehead atoms. The number of hydrogen-bond donors (Lipinski definition) is 1. The van der Waals surface area contributed by atoms with Crippen molar-refractivity contribution in [2.45, 2.75) is 20.8 Å². The molecule has 3 rings (SSSR count). The van der Waals surface area contributed by atoms with Gasteiger partial charge in [0.2, 0.25) is 0 Å². The molecule has 2 aromatic rings. The van der Waals surface area contributed by atoms with Gasteiger partial charge in [0.15, 0.2) is 5.11 Å².